The number of aromatic nitrogens is 3. The van der Waals surface area contributed by atoms with Gasteiger partial charge in [0.15, 0.2) is 5.69 Å². The van der Waals surface area contributed by atoms with E-state index in [0.717, 1.165) is 17.7 Å². The number of hydrogen-bond donors (Lipinski definition) is 1. The largest absolute Gasteiger partial charge is 0.360 e. The zero-order valence-corrected chi connectivity index (χ0v) is 16.7. The molecule has 3 aromatic rings. The van der Waals surface area contributed by atoms with Gasteiger partial charge in [0.25, 0.3) is 11.5 Å². The smallest absolute Gasteiger partial charge is 0.276 e. The molecule has 0 aromatic carbocycles. The standard InChI is InChI=1S/C20H22N4O3S/c1-12(2)16-9-15(23-27-16)20(26)24-7-3-5-13(11-24)19-21-14(10-18(25)22-19)17-6-4-8-28-17/h4,6,8-10,12-13H,3,5,7,11H2,1-2H3,(H,21,22,25). The molecule has 1 atom stereocenters. The summed E-state index contributed by atoms with van der Waals surface area (Å²) < 4.78 is 5.27. The van der Waals surface area contributed by atoms with E-state index in [9.17, 15) is 9.59 Å². The van der Waals surface area contributed by atoms with Gasteiger partial charge in [-0.2, -0.15) is 0 Å². The third-order valence-corrected chi connectivity index (χ3v) is 5.84. The van der Waals surface area contributed by atoms with Crippen molar-refractivity contribution in [1.29, 1.82) is 0 Å². The number of carbonyl (C=O) groups is 1. The van der Waals surface area contributed by atoms with E-state index in [1.54, 1.807) is 22.3 Å². The minimum Gasteiger partial charge on any atom is -0.360 e. The van der Waals surface area contributed by atoms with E-state index in [0.29, 0.717) is 36.1 Å². The molecule has 1 amide bonds. The number of amides is 1. The molecular weight excluding hydrogens is 376 g/mol. The maximum absolute atomic E-state index is 12.8. The van der Waals surface area contributed by atoms with Gasteiger partial charge >= 0.3 is 0 Å². The highest BCUT2D eigenvalue weighted by atomic mass is 32.1. The molecule has 1 N–H and O–H groups in total. The van der Waals surface area contributed by atoms with Gasteiger partial charge in [-0.15, -0.1) is 11.3 Å². The van der Waals surface area contributed by atoms with Crippen molar-refractivity contribution < 1.29 is 9.32 Å². The van der Waals surface area contributed by atoms with Crippen LogP contribution in [0, 0.1) is 0 Å². The van der Waals surface area contributed by atoms with Gasteiger partial charge in [0.05, 0.1) is 10.6 Å². The summed E-state index contributed by atoms with van der Waals surface area (Å²) in [5.74, 6) is 1.36. The van der Waals surface area contributed by atoms with Gasteiger partial charge in [-0.1, -0.05) is 25.1 Å². The first-order valence-corrected chi connectivity index (χ1v) is 10.3. The molecule has 0 radical (unpaired) electrons. The summed E-state index contributed by atoms with van der Waals surface area (Å²) >= 11 is 1.55. The second-order valence-electron chi connectivity index (χ2n) is 7.35. The Bertz CT molecular complexity index is 1020. The first-order chi connectivity index (χ1) is 13.5. The SMILES string of the molecule is CC(C)c1cc(C(=O)N2CCCC(c3nc(-c4cccs4)cc(=O)[nH]3)C2)no1. The summed E-state index contributed by atoms with van der Waals surface area (Å²) in [7, 11) is 0. The number of likely N-dealkylation sites (tertiary alicyclic amines) is 1. The fraction of sp³-hybridized carbons (Fsp3) is 0.400. The Labute approximate surface area is 166 Å². The monoisotopic (exact) mass is 398 g/mol. The first kappa shape index (κ1) is 18.6. The topological polar surface area (TPSA) is 92.1 Å². The van der Waals surface area contributed by atoms with Crippen LogP contribution in [0.3, 0.4) is 0 Å². The van der Waals surface area contributed by atoms with Crippen LogP contribution in [0.2, 0.25) is 0 Å². The van der Waals surface area contributed by atoms with Crippen molar-refractivity contribution in [2.45, 2.75) is 38.5 Å². The number of rotatable bonds is 4. The van der Waals surface area contributed by atoms with Crippen molar-refractivity contribution in [1.82, 2.24) is 20.0 Å². The van der Waals surface area contributed by atoms with Gasteiger partial charge in [0.1, 0.15) is 11.6 Å². The highest BCUT2D eigenvalue weighted by molar-refractivity contribution is 7.13. The lowest BCUT2D eigenvalue weighted by Gasteiger charge is -2.31. The van der Waals surface area contributed by atoms with Gasteiger partial charge < -0.3 is 14.4 Å². The second-order valence-corrected chi connectivity index (χ2v) is 8.30. The lowest BCUT2D eigenvalue weighted by molar-refractivity contribution is 0.0694. The number of aromatic amines is 1. The van der Waals surface area contributed by atoms with Gasteiger partial charge in [-0.25, -0.2) is 4.98 Å². The van der Waals surface area contributed by atoms with Gasteiger partial charge in [-0.05, 0) is 24.3 Å². The molecule has 1 aliphatic heterocycles. The van der Waals surface area contributed by atoms with E-state index in [2.05, 4.69) is 15.1 Å². The number of piperidine rings is 1. The molecule has 0 aliphatic carbocycles. The van der Waals surface area contributed by atoms with Crippen molar-refractivity contribution in [2.75, 3.05) is 13.1 Å². The molecule has 3 aromatic heterocycles. The fourth-order valence-electron chi connectivity index (χ4n) is 3.43. The zero-order chi connectivity index (χ0) is 19.7. The van der Waals surface area contributed by atoms with Crippen LogP contribution >= 0.6 is 11.3 Å². The molecule has 146 valence electrons. The van der Waals surface area contributed by atoms with Crippen LogP contribution < -0.4 is 5.56 Å². The Morgan fingerprint density at radius 2 is 2.25 bits per heavy atom. The van der Waals surface area contributed by atoms with Crippen LogP contribution in [-0.4, -0.2) is 39.0 Å². The van der Waals surface area contributed by atoms with E-state index in [4.69, 9.17) is 4.52 Å². The average Bonchev–Trinajstić information content (AvgIpc) is 3.39. The normalized spacial score (nSPS) is 17.2. The lowest BCUT2D eigenvalue weighted by atomic mass is 9.96. The highest BCUT2D eigenvalue weighted by Crippen LogP contribution is 2.28. The molecule has 7 nitrogen and oxygen atoms in total. The van der Waals surface area contributed by atoms with Gasteiger partial charge in [0.2, 0.25) is 0 Å². The van der Waals surface area contributed by atoms with Gasteiger partial charge in [-0.3, -0.25) is 9.59 Å². The summed E-state index contributed by atoms with van der Waals surface area (Å²) in [5, 5.41) is 5.89. The van der Waals surface area contributed by atoms with Crippen molar-refractivity contribution >= 4 is 17.2 Å². The summed E-state index contributed by atoms with van der Waals surface area (Å²) in [4.78, 5) is 35.3. The van der Waals surface area contributed by atoms with E-state index in [-0.39, 0.29) is 23.3 Å². The summed E-state index contributed by atoms with van der Waals surface area (Å²) in [5.41, 5.74) is 0.836. The number of nitrogens with one attached hydrogen (secondary N) is 1. The first-order valence-electron chi connectivity index (χ1n) is 9.42. The van der Waals surface area contributed by atoms with Crippen LogP contribution in [-0.2, 0) is 0 Å². The molecule has 0 saturated carbocycles. The third kappa shape index (κ3) is 3.77. The van der Waals surface area contributed by atoms with Gasteiger partial charge in [0, 0.05) is 37.1 Å². The molecule has 28 heavy (non-hydrogen) atoms. The van der Waals surface area contributed by atoms with Crippen LogP contribution in [0.15, 0.2) is 39.0 Å². The second kappa shape index (κ2) is 7.71. The predicted octanol–water partition coefficient (Wildman–Crippen LogP) is 3.63. The minimum absolute atomic E-state index is 0.0122. The molecule has 8 heteroatoms. The van der Waals surface area contributed by atoms with Crippen molar-refractivity contribution in [3.63, 3.8) is 0 Å². The predicted molar refractivity (Wildman–Crippen MR) is 107 cm³/mol. The van der Waals surface area contributed by atoms with E-state index < -0.39 is 0 Å². The summed E-state index contributed by atoms with van der Waals surface area (Å²) in [6, 6.07) is 7.12. The number of thiophene rings is 1. The molecule has 0 bridgehead atoms. The summed E-state index contributed by atoms with van der Waals surface area (Å²) in [6.45, 7) is 5.15. The number of H-pyrrole nitrogens is 1. The molecule has 4 heterocycles. The fourth-order valence-corrected chi connectivity index (χ4v) is 4.12. The zero-order valence-electron chi connectivity index (χ0n) is 15.8. The molecule has 4 rings (SSSR count). The van der Waals surface area contributed by atoms with E-state index in [1.807, 2.05) is 31.4 Å². The lowest BCUT2D eigenvalue weighted by Crippen LogP contribution is -2.40. The van der Waals surface area contributed by atoms with Crippen LogP contribution in [0.1, 0.15) is 60.6 Å². The molecular formula is C20H22N4O3S. The quantitative estimate of drug-likeness (QED) is 0.724. The number of hydrogen-bond acceptors (Lipinski definition) is 6. The Morgan fingerprint density at radius 1 is 1.39 bits per heavy atom. The van der Waals surface area contributed by atoms with Crippen molar-refractivity contribution in [2.24, 2.45) is 0 Å². The Morgan fingerprint density at radius 3 is 2.96 bits per heavy atom. The maximum atomic E-state index is 12.8. The Kier molecular flexibility index (Phi) is 5.13. The van der Waals surface area contributed by atoms with E-state index in [1.165, 1.54) is 6.07 Å². The molecule has 1 fully saturated rings. The highest BCUT2D eigenvalue weighted by Gasteiger charge is 2.29. The molecule has 0 spiro atoms. The molecule has 1 saturated heterocycles. The number of carbonyl (C=O) groups excluding carboxylic acids is 1. The Hall–Kier alpha value is -2.74. The van der Waals surface area contributed by atoms with Crippen molar-refractivity contribution in [3.05, 3.63) is 57.3 Å². The maximum Gasteiger partial charge on any atom is 0.276 e. The minimum atomic E-state index is -0.171. The summed E-state index contributed by atoms with van der Waals surface area (Å²) in [6.07, 6.45) is 1.72. The van der Waals surface area contributed by atoms with E-state index >= 15 is 0 Å². The van der Waals surface area contributed by atoms with Crippen LogP contribution in [0.5, 0.6) is 0 Å². The van der Waals surface area contributed by atoms with Crippen molar-refractivity contribution in [3.8, 4) is 10.6 Å². The number of nitrogens with zero attached hydrogens (tertiary/aromatic N) is 3. The van der Waals surface area contributed by atoms with Crippen LogP contribution in [0.25, 0.3) is 10.6 Å². The molecule has 1 aliphatic rings. The average molecular weight is 398 g/mol. The third-order valence-electron chi connectivity index (χ3n) is 4.95. The Balaban J connectivity index is 1.55. The molecule has 1 unspecified atom stereocenters. The van der Waals surface area contributed by atoms with Crippen LogP contribution in [0.4, 0.5) is 0 Å².